The van der Waals surface area contributed by atoms with Crippen LogP contribution in [-0.4, -0.2) is 31.1 Å². The first-order valence-corrected chi connectivity index (χ1v) is 9.68. The van der Waals surface area contributed by atoms with Crippen molar-refractivity contribution >= 4 is 37.8 Å². The molecule has 0 N–H and O–H groups in total. The van der Waals surface area contributed by atoms with E-state index >= 15 is 0 Å². The summed E-state index contributed by atoms with van der Waals surface area (Å²) < 4.78 is 12.7. The molecule has 1 fully saturated rings. The van der Waals surface area contributed by atoms with Gasteiger partial charge in [-0.1, -0.05) is 28.1 Å². The predicted molar refractivity (Wildman–Crippen MR) is 104 cm³/mol. The Morgan fingerprint density at radius 1 is 1.20 bits per heavy atom. The summed E-state index contributed by atoms with van der Waals surface area (Å²) in [6.45, 7) is 0.799. The van der Waals surface area contributed by atoms with E-state index in [-0.39, 0.29) is 18.6 Å². The van der Waals surface area contributed by atoms with Gasteiger partial charge in [-0.3, -0.25) is 4.79 Å². The molecule has 2 aromatic carbocycles. The lowest BCUT2D eigenvalue weighted by Gasteiger charge is -2.25. The average molecular weight is 469 g/mol. The molecule has 0 aliphatic carbocycles. The molecule has 25 heavy (non-hydrogen) atoms. The van der Waals surface area contributed by atoms with Gasteiger partial charge in [0, 0.05) is 11.0 Å². The van der Waals surface area contributed by atoms with E-state index in [2.05, 4.69) is 31.9 Å². The molecule has 0 unspecified atom stereocenters. The molecule has 1 heterocycles. The zero-order valence-corrected chi connectivity index (χ0v) is 17.0. The molecule has 0 aromatic heterocycles. The molecular weight excluding hydrogens is 450 g/mol. The third kappa shape index (κ3) is 4.36. The van der Waals surface area contributed by atoms with Crippen LogP contribution in [0.5, 0.6) is 11.5 Å². The Bertz CT molecular complexity index is 749. The van der Waals surface area contributed by atoms with Crippen LogP contribution in [0.1, 0.15) is 24.4 Å². The molecule has 1 amide bonds. The fourth-order valence-electron chi connectivity index (χ4n) is 3.05. The van der Waals surface area contributed by atoms with Crippen molar-refractivity contribution in [2.75, 3.05) is 20.3 Å². The van der Waals surface area contributed by atoms with Crippen molar-refractivity contribution in [3.05, 3.63) is 57.0 Å². The zero-order valence-electron chi connectivity index (χ0n) is 13.9. The lowest BCUT2D eigenvalue weighted by Crippen LogP contribution is -2.34. The van der Waals surface area contributed by atoms with E-state index in [0.29, 0.717) is 5.75 Å². The van der Waals surface area contributed by atoms with Gasteiger partial charge >= 0.3 is 0 Å². The number of ether oxygens (including phenoxy) is 2. The second-order valence-corrected chi connectivity index (χ2v) is 7.65. The number of rotatable bonds is 5. The van der Waals surface area contributed by atoms with E-state index in [1.165, 1.54) is 0 Å². The summed E-state index contributed by atoms with van der Waals surface area (Å²) in [5, 5.41) is 0. The maximum atomic E-state index is 12.7. The minimum Gasteiger partial charge on any atom is -0.497 e. The van der Waals surface area contributed by atoms with Crippen molar-refractivity contribution in [3.8, 4) is 11.5 Å². The van der Waals surface area contributed by atoms with E-state index in [1.807, 2.05) is 47.4 Å². The Kier molecular flexibility index (Phi) is 6.02. The van der Waals surface area contributed by atoms with Crippen molar-refractivity contribution in [2.45, 2.75) is 18.9 Å². The lowest BCUT2D eigenvalue weighted by molar-refractivity contribution is -0.134. The maximum Gasteiger partial charge on any atom is 0.261 e. The van der Waals surface area contributed by atoms with Crippen LogP contribution in [0, 0.1) is 0 Å². The van der Waals surface area contributed by atoms with Gasteiger partial charge in [0.05, 0.1) is 17.6 Å². The quantitative estimate of drug-likeness (QED) is 0.622. The zero-order chi connectivity index (χ0) is 17.8. The Morgan fingerprint density at radius 2 is 1.96 bits per heavy atom. The summed E-state index contributed by atoms with van der Waals surface area (Å²) in [5.41, 5.74) is 1.14. The van der Waals surface area contributed by atoms with Crippen molar-refractivity contribution in [1.29, 1.82) is 0 Å². The normalized spacial score (nSPS) is 16.8. The minimum absolute atomic E-state index is 0.00753. The molecule has 1 aliphatic rings. The number of carbonyl (C=O) groups excluding carboxylic acids is 1. The number of nitrogens with zero attached hydrogens (tertiary/aromatic N) is 1. The van der Waals surface area contributed by atoms with Crippen molar-refractivity contribution in [1.82, 2.24) is 4.90 Å². The molecule has 2 aromatic rings. The molecule has 0 saturated carbocycles. The Labute approximate surface area is 164 Å². The molecule has 1 saturated heterocycles. The largest absolute Gasteiger partial charge is 0.497 e. The molecule has 132 valence electrons. The van der Waals surface area contributed by atoms with Gasteiger partial charge in [0.15, 0.2) is 6.61 Å². The smallest absolute Gasteiger partial charge is 0.261 e. The number of carbonyl (C=O) groups is 1. The van der Waals surface area contributed by atoms with Gasteiger partial charge in [-0.15, -0.1) is 0 Å². The van der Waals surface area contributed by atoms with Crippen LogP contribution in [0.4, 0.5) is 0 Å². The summed E-state index contributed by atoms with van der Waals surface area (Å²) in [4.78, 5) is 14.6. The average Bonchev–Trinajstić information content (AvgIpc) is 3.10. The van der Waals surface area contributed by atoms with Crippen LogP contribution in [0.3, 0.4) is 0 Å². The molecule has 4 nitrogen and oxygen atoms in total. The fraction of sp³-hybridized carbons (Fsp3) is 0.316. The van der Waals surface area contributed by atoms with Crippen LogP contribution in [-0.2, 0) is 4.79 Å². The second-order valence-electron chi connectivity index (χ2n) is 5.88. The SMILES string of the molecule is COc1ccc([C@@H]2CCCN2C(=O)COc2ccc(Br)cc2Br)cc1. The highest BCUT2D eigenvalue weighted by molar-refractivity contribution is 9.11. The van der Waals surface area contributed by atoms with Gasteiger partial charge < -0.3 is 14.4 Å². The number of amides is 1. The molecule has 6 heteroatoms. The first-order valence-electron chi connectivity index (χ1n) is 8.10. The first-order chi connectivity index (χ1) is 12.1. The van der Waals surface area contributed by atoms with Crippen LogP contribution in [0.25, 0.3) is 0 Å². The number of halogens is 2. The van der Waals surface area contributed by atoms with Gasteiger partial charge in [0.1, 0.15) is 11.5 Å². The number of likely N-dealkylation sites (tertiary alicyclic amines) is 1. The van der Waals surface area contributed by atoms with Crippen molar-refractivity contribution < 1.29 is 14.3 Å². The van der Waals surface area contributed by atoms with Crippen LogP contribution in [0.15, 0.2) is 51.4 Å². The molecule has 1 aliphatic heterocycles. The highest BCUT2D eigenvalue weighted by atomic mass is 79.9. The summed E-state index contributed by atoms with van der Waals surface area (Å²) >= 11 is 6.86. The predicted octanol–water partition coefficient (Wildman–Crippen LogP) is 4.96. The molecule has 1 atom stereocenters. The van der Waals surface area contributed by atoms with Crippen molar-refractivity contribution in [2.24, 2.45) is 0 Å². The van der Waals surface area contributed by atoms with Gasteiger partial charge in [-0.05, 0) is 64.7 Å². The molecule has 0 bridgehead atoms. The monoisotopic (exact) mass is 467 g/mol. The van der Waals surface area contributed by atoms with Crippen LogP contribution >= 0.6 is 31.9 Å². The third-order valence-electron chi connectivity index (χ3n) is 4.32. The maximum absolute atomic E-state index is 12.7. The van der Waals surface area contributed by atoms with Crippen LogP contribution in [0.2, 0.25) is 0 Å². The first kappa shape index (κ1) is 18.3. The van der Waals surface area contributed by atoms with Gasteiger partial charge in [0.2, 0.25) is 0 Å². The summed E-state index contributed by atoms with van der Waals surface area (Å²) in [5.74, 6) is 1.49. The number of hydrogen-bond donors (Lipinski definition) is 0. The number of benzene rings is 2. The van der Waals surface area contributed by atoms with Gasteiger partial charge in [0.25, 0.3) is 5.91 Å². The van der Waals surface area contributed by atoms with E-state index in [0.717, 1.165) is 39.6 Å². The van der Waals surface area contributed by atoms with E-state index < -0.39 is 0 Å². The number of methoxy groups -OCH3 is 1. The molecule has 0 radical (unpaired) electrons. The van der Waals surface area contributed by atoms with Crippen molar-refractivity contribution in [3.63, 3.8) is 0 Å². The van der Waals surface area contributed by atoms with E-state index in [4.69, 9.17) is 9.47 Å². The summed E-state index contributed by atoms with van der Waals surface area (Å²) in [7, 11) is 1.65. The summed E-state index contributed by atoms with van der Waals surface area (Å²) in [6.07, 6.45) is 1.98. The highest BCUT2D eigenvalue weighted by Gasteiger charge is 2.30. The molecular formula is C19H19Br2NO3. The Hall–Kier alpha value is -1.53. The molecule has 0 spiro atoms. The highest BCUT2D eigenvalue weighted by Crippen LogP contribution is 2.33. The standard InChI is InChI=1S/C19H19Br2NO3/c1-24-15-7-4-13(5-8-15)17-3-2-10-22(17)19(23)12-25-18-9-6-14(20)11-16(18)21/h4-9,11,17H,2-3,10,12H2,1H3/t17-/m0/s1. The van der Waals surface area contributed by atoms with Crippen LogP contribution < -0.4 is 9.47 Å². The topological polar surface area (TPSA) is 38.8 Å². The van der Waals surface area contributed by atoms with E-state index in [9.17, 15) is 4.79 Å². The Balaban J connectivity index is 1.65. The second kappa shape index (κ2) is 8.23. The third-order valence-corrected chi connectivity index (χ3v) is 5.43. The Morgan fingerprint density at radius 3 is 2.64 bits per heavy atom. The summed E-state index contributed by atoms with van der Waals surface area (Å²) in [6, 6.07) is 13.7. The minimum atomic E-state index is 0.00753. The van der Waals surface area contributed by atoms with Gasteiger partial charge in [-0.25, -0.2) is 0 Å². The fourth-order valence-corrected chi connectivity index (χ4v) is 4.21. The van der Waals surface area contributed by atoms with Gasteiger partial charge in [-0.2, -0.15) is 0 Å². The van der Waals surface area contributed by atoms with E-state index in [1.54, 1.807) is 7.11 Å². The number of hydrogen-bond acceptors (Lipinski definition) is 3. The molecule has 3 rings (SSSR count). The lowest BCUT2D eigenvalue weighted by atomic mass is 10.0.